The smallest absolute Gasteiger partial charge is 0.0900 e. The van der Waals surface area contributed by atoms with Gasteiger partial charge in [-0.05, 0) is 26.8 Å². The Hall–Kier alpha value is -0.120. The molecule has 15 heavy (non-hydrogen) atoms. The minimum Gasteiger partial charge on any atom is -0.389 e. The van der Waals surface area contributed by atoms with Gasteiger partial charge in [-0.15, -0.1) is 0 Å². The average Bonchev–Trinajstić information content (AvgIpc) is 2.20. The third-order valence-electron chi connectivity index (χ3n) is 2.53. The van der Waals surface area contributed by atoms with Gasteiger partial charge in [-0.1, -0.05) is 20.3 Å². The van der Waals surface area contributed by atoms with Crippen LogP contribution in [0.15, 0.2) is 0 Å². The molecule has 3 heteroatoms. The van der Waals surface area contributed by atoms with Gasteiger partial charge in [0.2, 0.25) is 0 Å². The number of nitrogens with zero attached hydrogens (tertiary/aromatic N) is 1. The zero-order chi connectivity index (χ0) is 11.7. The highest BCUT2D eigenvalue weighted by Gasteiger charge is 2.12. The molecule has 0 bridgehead atoms. The predicted octanol–water partition coefficient (Wildman–Crippen LogP) is 1.89. The molecule has 0 saturated carbocycles. The number of likely N-dealkylation sites (N-methyl/N-ethyl adjacent to an activating group) is 1. The molecule has 0 amide bonds. The molecule has 0 aromatic rings. The zero-order valence-electron chi connectivity index (χ0n) is 10.7. The van der Waals surface area contributed by atoms with Crippen molar-refractivity contribution in [1.29, 1.82) is 0 Å². The fourth-order valence-corrected chi connectivity index (χ4v) is 1.49. The van der Waals surface area contributed by atoms with E-state index in [-0.39, 0.29) is 6.10 Å². The summed E-state index contributed by atoms with van der Waals surface area (Å²) in [5, 5.41) is 9.73. The molecular weight excluding hydrogens is 190 g/mol. The number of aliphatic hydroxyl groups is 1. The van der Waals surface area contributed by atoms with Crippen molar-refractivity contribution in [2.75, 3.05) is 26.3 Å². The molecule has 0 aliphatic carbocycles. The Balaban J connectivity index is 3.57. The van der Waals surface area contributed by atoms with Gasteiger partial charge in [-0.2, -0.15) is 0 Å². The maximum atomic E-state index is 9.73. The van der Waals surface area contributed by atoms with Gasteiger partial charge in [0.1, 0.15) is 0 Å². The summed E-state index contributed by atoms with van der Waals surface area (Å²) in [5.41, 5.74) is 0. The van der Waals surface area contributed by atoms with Crippen molar-refractivity contribution < 1.29 is 9.84 Å². The summed E-state index contributed by atoms with van der Waals surface area (Å²) < 4.78 is 5.38. The van der Waals surface area contributed by atoms with Crippen LogP contribution in [0.3, 0.4) is 0 Å². The molecule has 0 rings (SSSR count). The molecule has 0 saturated heterocycles. The quantitative estimate of drug-likeness (QED) is 0.599. The molecule has 0 aliphatic heterocycles. The first-order valence-electron chi connectivity index (χ1n) is 6.11. The molecule has 0 aromatic carbocycles. The highest BCUT2D eigenvalue weighted by atomic mass is 16.5. The van der Waals surface area contributed by atoms with Crippen LogP contribution < -0.4 is 0 Å². The molecule has 0 aromatic heterocycles. The van der Waals surface area contributed by atoms with Gasteiger partial charge in [0.25, 0.3) is 0 Å². The van der Waals surface area contributed by atoms with Crippen molar-refractivity contribution >= 4 is 0 Å². The van der Waals surface area contributed by atoms with E-state index in [2.05, 4.69) is 32.6 Å². The van der Waals surface area contributed by atoms with Gasteiger partial charge >= 0.3 is 0 Å². The van der Waals surface area contributed by atoms with E-state index in [1.54, 1.807) is 0 Å². The summed E-state index contributed by atoms with van der Waals surface area (Å²) in [6.45, 7) is 11.5. The fraction of sp³-hybridized carbons (Fsp3) is 1.00. The van der Waals surface area contributed by atoms with E-state index in [1.807, 2.05) is 0 Å². The summed E-state index contributed by atoms with van der Waals surface area (Å²) in [7, 11) is 0. The van der Waals surface area contributed by atoms with Gasteiger partial charge in [0.05, 0.1) is 12.7 Å². The third-order valence-corrected chi connectivity index (χ3v) is 2.53. The van der Waals surface area contributed by atoms with Gasteiger partial charge < -0.3 is 9.84 Å². The summed E-state index contributed by atoms with van der Waals surface area (Å²) >= 11 is 0. The molecule has 1 N–H and O–H groups in total. The van der Waals surface area contributed by atoms with E-state index in [9.17, 15) is 5.11 Å². The van der Waals surface area contributed by atoms with Crippen molar-refractivity contribution in [3.63, 3.8) is 0 Å². The lowest BCUT2D eigenvalue weighted by atomic mass is 10.2. The van der Waals surface area contributed by atoms with Crippen LogP contribution in [0.1, 0.15) is 40.5 Å². The maximum absolute atomic E-state index is 9.73. The predicted molar refractivity (Wildman–Crippen MR) is 64.1 cm³/mol. The summed E-state index contributed by atoms with van der Waals surface area (Å²) in [5.74, 6) is 0. The molecule has 0 fully saturated rings. The van der Waals surface area contributed by atoms with E-state index in [1.165, 1.54) is 0 Å². The fourth-order valence-electron chi connectivity index (χ4n) is 1.49. The number of aliphatic hydroxyl groups excluding tert-OH is 1. The molecule has 0 spiro atoms. The second-order valence-electron chi connectivity index (χ2n) is 4.26. The Labute approximate surface area is 94.4 Å². The maximum Gasteiger partial charge on any atom is 0.0900 e. The van der Waals surface area contributed by atoms with Crippen LogP contribution in [0.5, 0.6) is 0 Å². The van der Waals surface area contributed by atoms with Crippen LogP contribution in [0.4, 0.5) is 0 Å². The van der Waals surface area contributed by atoms with Gasteiger partial charge in [0.15, 0.2) is 0 Å². The van der Waals surface area contributed by atoms with Crippen LogP contribution in [0.2, 0.25) is 0 Å². The summed E-state index contributed by atoms with van der Waals surface area (Å²) in [6.07, 6.45) is 1.86. The van der Waals surface area contributed by atoms with Crippen LogP contribution >= 0.6 is 0 Å². The van der Waals surface area contributed by atoms with Crippen LogP contribution in [-0.4, -0.2) is 48.5 Å². The van der Waals surface area contributed by atoms with Crippen molar-refractivity contribution in [1.82, 2.24) is 4.90 Å². The number of rotatable bonds is 9. The standard InChI is InChI=1S/C12H27NO2/c1-5-7-8-15-10-12(14)9-13(6-2)11(3)4/h11-12,14H,5-10H2,1-4H3. The highest BCUT2D eigenvalue weighted by Crippen LogP contribution is 2.00. The lowest BCUT2D eigenvalue weighted by Gasteiger charge is -2.27. The van der Waals surface area contributed by atoms with Gasteiger partial charge in [-0.3, -0.25) is 4.90 Å². The Bertz CT molecular complexity index is 140. The first-order chi connectivity index (χ1) is 7.11. The average molecular weight is 217 g/mol. The number of unbranched alkanes of at least 4 members (excludes halogenated alkanes) is 1. The summed E-state index contributed by atoms with van der Waals surface area (Å²) in [6, 6.07) is 0.486. The van der Waals surface area contributed by atoms with Gasteiger partial charge in [-0.25, -0.2) is 0 Å². The first-order valence-corrected chi connectivity index (χ1v) is 6.11. The molecule has 0 radical (unpaired) electrons. The Morgan fingerprint density at radius 1 is 1.27 bits per heavy atom. The first kappa shape index (κ1) is 14.9. The minimum absolute atomic E-state index is 0.357. The second kappa shape index (κ2) is 9.13. The molecule has 0 aliphatic rings. The van der Waals surface area contributed by atoms with Crippen molar-refractivity contribution in [2.24, 2.45) is 0 Å². The van der Waals surface area contributed by atoms with E-state index in [0.717, 1.165) is 26.0 Å². The van der Waals surface area contributed by atoms with Crippen molar-refractivity contribution in [3.05, 3.63) is 0 Å². The van der Waals surface area contributed by atoms with Crippen LogP contribution in [0, 0.1) is 0 Å². The number of ether oxygens (including phenoxy) is 1. The van der Waals surface area contributed by atoms with E-state index in [4.69, 9.17) is 4.74 Å². The Kier molecular flexibility index (Phi) is 9.06. The second-order valence-corrected chi connectivity index (χ2v) is 4.26. The molecule has 3 nitrogen and oxygen atoms in total. The Morgan fingerprint density at radius 2 is 1.93 bits per heavy atom. The normalized spacial score (nSPS) is 13.8. The SMILES string of the molecule is CCCCOCC(O)CN(CC)C(C)C. The van der Waals surface area contributed by atoms with Crippen LogP contribution in [-0.2, 0) is 4.74 Å². The molecular formula is C12H27NO2. The molecule has 1 atom stereocenters. The van der Waals surface area contributed by atoms with E-state index >= 15 is 0 Å². The summed E-state index contributed by atoms with van der Waals surface area (Å²) in [4.78, 5) is 2.24. The lowest BCUT2D eigenvalue weighted by molar-refractivity contribution is 0.0115. The monoisotopic (exact) mass is 217 g/mol. The largest absolute Gasteiger partial charge is 0.389 e. The molecule has 0 heterocycles. The number of hydrogen-bond donors (Lipinski definition) is 1. The Morgan fingerprint density at radius 3 is 2.40 bits per heavy atom. The minimum atomic E-state index is -0.357. The highest BCUT2D eigenvalue weighted by molar-refractivity contribution is 4.66. The zero-order valence-corrected chi connectivity index (χ0v) is 10.7. The third kappa shape index (κ3) is 7.77. The van der Waals surface area contributed by atoms with Crippen LogP contribution in [0.25, 0.3) is 0 Å². The lowest BCUT2D eigenvalue weighted by Crippen LogP contribution is -2.39. The topological polar surface area (TPSA) is 32.7 Å². The molecule has 1 unspecified atom stereocenters. The molecule has 92 valence electrons. The van der Waals surface area contributed by atoms with Crippen molar-refractivity contribution in [2.45, 2.75) is 52.7 Å². The van der Waals surface area contributed by atoms with Crippen molar-refractivity contribution in [3.8, 4) is 0 Å². The number of hydrogen-bond acceptors (Lipinski definition) is 3. The van der Waals surface area contributed by atoms with Gasteiger partial charge in [0, 0.05) is 19.2 Å². The van der Waals surface area contributed by atoms with E-state index in [0.29, 0.717) is 19.2 Å². The van der Waals surface area contributed by atoms with E-state index < -0.39 is 0 Å².